The number of sulfonamides is 1. The van der Waals surface area contributed by atoms with Crippen molar-refractivity contribution in [2.45, 2.75) is 25.0 Å². The fraction of sp³-hybridized carbons (Fsp3) is 0.364. The molecule has 1 aromatic carbocycles. The van der Waals surface area contributed by atoms with Gasteiger partial charge in [-0.25, -0.2) is 8.42 Å². The standard InChI is InChI=1S/C11H15N3O3S/c1-7-8(2)13-17-11(7)14-18(15,16)10-5-3-9(12)4-6-10/h3-7,11,14H,12H2,1-2H3. The molecule has 2 rings (SSSR count). The molecule has 3 N–H and O–H groups in total. The summed E-state index contributed by atoms with van der Waals surface area (Å²) in [5.74, 6) is -0.0893. The van der Waals surface area contributed by atoms with E-state index >= 15 is 0 Å². The summed E-state index contributed by atoms with van der Waals surface area (Å²) in [5, 5.41) is 3.76. The highest BCUT2D eigenvalue weighted by Gasteiger charge is 2.31. The largest absolute Gasteiger partial charge is 0.399 e. The van der Waals surface area contributed by atoms with Crippen LogP contribution in [0.3, 0.4) is 0 Å². The van der Waals surface area contributed by atoms with E-state index in [1.807, 2.05) is 6.92 Å². The van der Waals surface area contributed by atoms with Crippen LogP contribution in [0, 0.1) is 5.92 Å². The fourth-order valence-corrected chi connectivity index (χ4v) is 2.71. The normalized spacial score (nSPS) is 23.6. The van der Waals surface area contributed by atoms with E-state index in [0.29, 0.717) is 5.69 Å². The Kier molecular flexibility index (Phi) is 3.27. The van der Waals surface area contributed by atoms with Gasteiger partial charge in [0.05, 0.1) is 16.5 Å². The number of hydrogen-bond donors (Lipinski definition) is 2. The van der Waals surface area contributed by atoms with Gasteiger partial charge in [0.1, 0.15) is 0 Å². The highest BCUT2D eigenvalue weighted by atomic mass is 32.2. The maximum atomic E-state index is 12.1. The summed E-state index contributed by atoms with van der Waals surface area (Å²) in [7, 11) is -3.62. The lowest BCUT2D eigenvalue weighted by molar-refractivity contribution is 0.0576. The first-order chi connectivity index (χ1) is 8.40. The Morgan fingerprint density at radius 1 is 1.33 bits per heavy atom. The molecule has 0 fully saturated rings. The third-order valence-corrected chi connectivity index (χ3v) is 4.32. The van der Waals surface area contributed by atoms with E-state index in [2.05, 4.69) is 9.88 Å². The Morgan fingerprint density at radius 3 is 2.44 bits per heavy atom. The first-order valence-corrected chi connectivity index (χ1v) is 6.96. The van der Waals surface area contributed by atoms with Crippen molar-refractivity contribution in [3.63, 3.8) is 0 Å². The second kappa shape index (κ2) is 4.58. The van der Waals surface area contributed by atoms with Crippen LogP contribution < -0.4 is 10.5 Å². The van der Waals surface area contributed by atoms with Gasteiger partial charge in [-0.3, -0.25) is 0 Å². The van der Waals surface area contributed by atoms with Crippen molar-refractivity contribution in [2.24, 2.45) is 11.1 Å². The van der Waals surface area contributed by atoms with Crippen LogP contribution in [-0.2, 0) is 14.9 Å². The zero-order chi connectivity index (χ0) is 13.3. The van der Waals surface area contributed by atoms with Gasteiger partial charge in [-0.05, 0) is 31.2 Å². The van der Waals surface area contributed by atoms with E-state index in [1.54, 1.807) is 6.92 Å². The van der Waals surface area contributed by atoms with Crippen molar-refractivity contribution in [3.8, 4) is 0 Å². The minimum absolute atomic E-state index is 0.0893. The second-order valence-electron chi connectivity index (χ2n) is 4.24. The molecule has 0 aromatic heterocycles. The van der Waals surface area contributed by atoms with Gasteiger partial charge in [-0.1, -0.05) is 12.1 Å². The van der Waals surface area contributed by atoms with Crippen LogP contribution in [0.2, 0.25) is 0 Å². The molecule has 0 bridgehead atoms. The molecule has 7 heteroatoms. The first kappa shape index (κ1) is 12.8. The SMILES string of the molecule is CC1=NOC(NS(=O)(=O)c2ccc(N)cc2)C1C. The zero-order valence-electron chi connectivity index (χ0n) is 10.1. The molecule has 1 aliphatic rings. The van der Waals surface area contributed by atoms with Crippen molar-refractivity contribution in [2.75, 3.05) is 5.73 Å². The average molecular weight is 269 g/mol. The summed E-state index contributed by atoms with van der Waals surface area (Å²) in [5.41, 5.74) is 6.79. The molecule has 0 amide bonds. The van der Waals surface area contributed by atoms with Crippen molar-refractivity contribution in [1.82, 2.24) is 4.72 Å². The second-order valence-corrected chi connectivity index (χ2v) is 5.95. The molecule has 0 aliphatic carbocycles. The van der Waals surface area contributed by atoms with Gasteiger partial charge in [0, 0.05) is 5.69 Å². The van der Waals surface area contributed by atoms with E-state index < -0.39 is 16.3 Å². The van der Waals surface area contributed by atoms with Gasteiger partial charge in [0.25, 0.3) is 0 Å². The molecule has 1 heterocycles. The van der Waals surface area contributed by atoms with Gasteiger partial charge in [0.15, 0.2) is 6.23 Å². The Labute approximate surface area is 106 Å². The minimum atomic E-state index is -3.62. The number of nitrogen functional groups attached to an aromatic ring is 1. The molecule has 2 unspecified atom stereocenters. The zero-order valence-corrected chi connectivity index (χ0v) is 10.9. The summed E-state index contributed by atoms with van der Waals surface area (Å²) in [6.45, 7) is 3.64. The maximum Gasteiger partial charge on any atom is 0.243 e. The molecule has 1 aromatic rings. The number of nitrogens with two attached hydrogens (primary N) is 1. The number of benzene rings is 1. The highest BCUT2D eigenvalue weighted by Crippen LogP contribution is 2.19. The number of anilines is 1. The quantitative estimate of drug-likeness (QED) is 0.798. The van der Waals surface area contributed by atoms with Crippen LogP contribution in [-0.4, -0.2) is 20.4 Å². The third kappa shape index (κ3) is 2.46. The molecule has 98 valence electrons. The van der Waals surface area contributed by atoms with E-state index in [9.17, 15) is 8.42 Å². The Balaban J connectivity index is 2.16. The topological polar surface area (TPSA) is 93.8 Å². The molecule has 0 radical (unpaired) electrons. The van der Waals surface area contributed by atoms with Crippen molar-refractivity contribution in [3.05, 3.63) is 24.3 Å². The van der Waals surface area contributed by atoms with Gasteiger partial charge in [0.2, 0.25) is 10.0 Å². The highest BCUT2D eigenvalue weighted by molar-refractivity contribution is 7.89. The van der Waals surface area contributed by atoms with Crippen molar-refractivity contribution < 1.29 is 13.3 Å². The number of nitrogens with one attached hydrogen (secondary N) is 1. The summed E-state index contributed by atoms with van der Waals surface area (Å²) in [6.07, 6.45) is -0.660. The lowest BCUT2D eigenvalue weighted by Crippen LogP contribution is -2.39. The van der Waals surface area contributed by atoms with E-state index in [-0.39, 0.29) is 10.8 Å². The lowest BCUT2D eigenvalue weighted by atomic mass is 10.1. The van der Waals surface area contributed by atoms with E-state index in [4.69, 9.17) is 10.6 Å². The van der Waals surface area contributed by atoms with Crippen LogP contribution >= 0.6 is 0 Å². The van der Waals surface area contributed by atoms with Crippen LogP contribution in [0.5, 0.6) is 0 Å². The number of oxime groups is 1. The molecular formula is C11H15N3O3S. The molecule has 0 saturated heterocycles. The molecular weight excluding hydrogens is 254 g/mol. The number of nitrogens with zero attached hydrogens (tertiary/aromatic N) is 1. The number of hydrogen-bond acceptors (Lipinski definition) is 5. The first-order valence-electron chi connectivity index (χ1n) is 5.48. The van der Waals surface area contributed by atoms with E-state index in [0.717, 1.165) is 5.71 Å². The fourth-order valence-electron chi connectivity index (χ4n) is 1.52. The molecule has 1 aliphatic heterocycles. The van der Waals surface area contributed by atoms with Gasteiger partial charge >= 0.3 is 0 Å². The maximum absolute atomic E-state index is 12.1. The van der Waals surface area contributed by atoms with Gasteiger partial charge in [-0.2, -0.15) is 4.72 Å². The summed E-state index contributed by atoms with van der Waals surface area (Å²) in [6, 6.07) is 5.97. The summed E-state index contributed by atoms with van der Waals surface area (Å²) < 4.78 is 26.6. The monoisotopic (exact) mass is 269 g/mol. The van der Waals surface area contributed by atoms with Gasteiger partial charge < -0.3 is 10.6 Å². The van der Waals surface area contributed by atoms with Crippen LogP contribution in [0.4, 0.5) is 5.69 Å². The lowest BCUT2D eigenvalue weighted by Gasteiger charge is -2.15. The molecule has 18 heavy (non-hydrogen) atoms. The molecule has 6 nitrogen and oxygen atoms in total. The van der Waals surface area contributed by atoms with Crippen molar-refractivity contribution >= 4 is 21.4 Å². The Morgan fingerprint density at radius 2 is 1.94 bits per heavy atom. The third-order valence-electron chi connectivity index (χ3n) is 2.89. The molecule has 0 spiro atoms. The Hall–Kier alpha value is -1.60. The predicted molar refractivity (Wildman–Crippen MR) is 68.3 cm³/mol. The summed E-state index contributed by atoms with van der Waals surface area (Å²) in [4.78, 5) is 5.18. The smallest absolute Gasteiger partial charge is 0.243 e. The van der Waals surface area contributed by atoms with E-state index in [1.165, 1.54) is 24.3 Å². The van der Waals surface area contributed by atoms with Crippen molar-refractivity contribution in [1.29, 1.82) is 0 Å². The molecule has 2 atom stereocenters. The van der Waals surface area contributed by atoms with Gasteiger partial charge in [-0.15, -0.1) is 0 Å². The summed E-state index contributed by atoms with van der Waals surface area (Å²) >= 11 is 0. The molecule has 0 saturated carbocycles. The van der Waals surface area contributed by atoms with Crippen LogP contribution in [0.25, 0.3) is 0 Å². The average Bonchev–Trinajstić information content (AvgIpc) is 2.61. The Bertz CT molecular complexity index is 566. The minimum Gasteiger partial charge on any atom is -0.399 e. The van der Waals surface area contributed by atoms with Crippen LogP contribution in [0.1, 0.15) is 13.8 Å². The number of rotatable bonds is 3. The van der Waals surface area contributed by atoms with Crippen LogP contribution in [0.15, 0.2) is 34.3 Å². The predicted octanol–water partition coefficient (Wildman–Crippen LogP) is 0.915.